The number of thiophene rings is 1. The molecule has 0 N–H and O–H groups in total. The predicted molar refractivity (Wildman–Crippen MR) is 162 cm³/mol. The van der Waals surface area contributed by atoms with E-state index in [1.54, 1.807) is 41.2 Å². The molecule has 0 aliphatic carbocycles. The molecule has 1 saturated heterocycles. The van der Waals surface area contributed by atoms with Gasteiger partial charge in [-0.3, -0.25) is 14.3 Å². The summed E-state index contributed by atoms with van der Waals surface area (Å²) in [5.74, 6) is 1.03. The van der Waals surface area contributed by atoms with Crippen LogP contribution in [-0.4, -0.2) is 71.4 Å². The molecule has 3 aromatic heterocycles. The van der Waals surface area contributed by atoms with E-state index in [4.69, 9.17) is 0 Å². The Kier molecular flexibility index (Phi) is 6.82. The minimum atomic E-state index is -3.59. The third-order valence-corrected chi connectivity index (χ3v) is 11.1. The van der Waals surface area contributed by atoms with Crippen molar-refractivity contribution < 1.29 is 8.42 Å². The molecule has 2 aliphatic rings. The fourth-order valence-electron chi connectivity index (χ4n) is 5.89. The van der Waals surface area contributed by atoms with Gasteiger partial charge in [0.2, 0.25) is 10.0 Å². The Bertz CT molecular complexity index is 1890. The quantitative estimate of drug-likeness (QED) is 0.300. The highest BCUT2D eigenvalue weighted by atomic mass is 32.2. The Morgan fingerprint density at radius 3 is 2.46 bits per heavy atom. The fourth-order valence-corrected chi connectivity index (χ4v) is 8.59. The number of piperazine rings is 1. The summed E-state index contributed by atoms with van der Waals surface area (Å²) in [6.07, 6.45) is 4.02. The smallest absolute Gasteiger partial charge is 0.262 e. The molecule has 0 atom stereocenters. The first-order valence-electron chi connectivity index (χ1n) is 13.8. The maximum absolute atomic E-state index is 13.6. The number of hydrogen-bond donors (Lipinski definition) is 0. The highest BCUT2D eigenvalue weighted by Gasteiger charge is 2.31. The third kappa shape index (κ3) is 4.82. The van der Waals surface area contributed by atoms with Gasteiger partial charge in [-0.2, -0.15) is 4.31 Å². The largest absolute Gasteiger partial charge is 0.354 e. The van der Waals surface area contributed by atoms with E-state index >= 15 is 0 Å². The predicted octanol–water partition coefficient (Wildman–Crippen LogP) is 3.58. The SMILES string of the molecule is O=c1c2c3c(sc2ncn1CCN1CCN(c2nccc4ccccc24)CC1)CN(S(=O)(=O)c1ccccc1)CC3. The summed E-state index contributed by atoms with van der Waals surface area (Å²) in [6.45, 7) is 5.50. The molecular formula is C30H30N6O3S2. The number of anilines is 1. The molecule has 210 valence electrons. The van der Waals surface area contributed by atoms with Crippen molar-refractivity contribution in [3.05, 3.63) is 94.0 Å². The van der Waals surface area contributed by atoms with Gasteiger partial charge in [0.15, 0.2) is 0 Å². The lowest BCUT2D eigenvalue weighted by Crippen LogP contribution is -2.47. The normalized spacial score (nSPS) is 16.8. The average molecular weight is 587 g/mol. The second-order valence-electron chi connectivity index (χ2n) is 10.5. The number of pyridine rings is 1. The number of benzene rings is 2. The Morgan fingerprint density at radius 2 is 1.63 bits per heavy atom. The van der Waals surface area contributed by atoms with Crippen LogP contribution in [0.4, 0.5) is 5.82 Å². The van der Waals surface area contributed by atoms with Crippen molar-refractivity contribution in [3.63, 3.8) is 0 Å². The van der Waals surface area contributed by atoms with Gasteiger partial charge in [-0.15, -0.1) is 11.3 Å². The van der Waals surface area contributed by atoms with Gasteiger partial charge in [0.05, 0.1) is 16.6 Å². The number of sulfonamides is 1. The first kappa shape index (κ1) is 26.3. The van der Waals surface area contributed by atoms with Gasteiger partial charge in [-0.05, 0) is 35.6 Å². The Labute approximate surface area is 242 Å². The van der Waals surface area contributed by atoms with Crippen LogP contribution in [0.15, 0.2) is 82.9 Å². The van der Waals surface area contributed by atoms with Crippen LogP contribution in [-0.2, 0) is 29.5 Å². The van der Waals surface area contributed by atoms with E-state index < -0.39 is 10.0 Å². The summed E-state index contributed by atoms with van der Waals surface area (Å²) < 4.78 is 29.5. The van der Waals surface area contributed by atoms with E-state index in [0.29, 0.717) is 34.6 Å². The minimum absolute atomic E-state index is 0.0366. The lowest BCUT2D eigenvalue weighted by Gasteiger charge is -2.35. The van der Waals surface area contributed by atoms with Crippen LogP contribution in [0.1, 0.15) is 10.4 Å². The van der Waals surface area contributed by atoms with Crippen molar-refractivity contribution in [1.82, 2.24) is 23.7 Å². The molecule has 0 spiro atoms. The van der Waals surface area contributed by atoms with Crippen LogP contribution in [0, 0.1) is 0 Å². The zero-order chi connectivity index (χ0) is 28.0. The molecule has 2 aromatic carbocycles. The van der Waals surface area contributed by atoms with Crippen molar-refractivity contribution in [1.29, 1.82) is 0 Å². The van der Waals surface area contributed by atoms with Gasteiger partial charge < -0.3 is 4.90 Å². The van der Waals surface area contributed by atoms with Gasteiger partial charge >= 0.3 is 0 Å². The zero-order valence-corrected chi connectivity index (χ0v) is 24.1. The molecule has 0 unspecified atom stereocenters. The highest BCUT2D eigenvalue weighted by molar-refractivity contribution is 7.89. The summed E-state index contributed by atoms with van der Waals surface area (Å²) >= 11 is 1.43. The zero-order valence-electron chi connectivity index (χ0n) is 22.5. The minimum Gasteiger partial charge on any atom is -0.354 e. The van der Waals surface area contributed by atoms with Crippen molar-refractivity contribution in [2.24, 2.45) is 0 Å². The van der Waals surface area contributed by atoms with Crippen LogP contribution in [0.5, 0.6) is 0 Å². The molecule has 2 aliphatic heterocycles. The molecule has 41 heavy (non-hydrogen) atoms. The molecule has 5 aromatic rings. The van der Waals surface area contributed by atoms with E-state index in [0.717, 1.165) is 49.0 Å². The number of rotatable bonds is 6. The molecule has 11 heteroatoms. The van der Waals surface area contributed by atoms with E-state index in [-0.39, 0.29) is 12.1 Å². The highest BCUT2D eigenvalue weighted by Crippen LogP contribution is 2.34. The summed E-state index contributed by atoms with van der Waals surface area (Å²) in [5.41, 5.74) is 0.915. The molecule has 5 heterocycles. The average Bonchev–Trinajstić information content (AvgIpc) is 3.40. The first-order chi connectivity index (χ1) is 20.0. The van der Waals surface area contributed by atoms with Gasteiger partial charge in [0.25, 0.3) is 5.56 Å². The summed E-state index contributed by atoms with van der Waals surface area (Å²) in [5, 5.41) is 3.02. The van der Waals surface area contributed by atoms with Crippen molar-refractivity contribution >= 4 is 48.2 Å². The van der Waals surface area contributed by atoms with Crippen LogP contribution in [0.3, 0.4) is 0 Å². The molecule has 0 bridgehead atoms. The molecular weight excluding hydrogens is 557 g/mol. The van der Waals surface area contributed by atoms with E-state index in [2.05, 4.69) is 44.0 Å². The van der Waals surface area contributed by atoms with E-state index in [9.17, 15) is 13.2 Å². The summed E-state index contributed by atoms with van der Waals surface area (Å²) in [6, 6.07) is 18.9. The second kappa shape index (κ2) is 10.6. The molecule has 1 fully saturated rings. The van der Waals surface area contributed by atoms with Gasteiger partial charge in [-0.1, -0.05) is 42.5 Å². The standard InChI is InChI=1S/C30H30N6O3S2/c37-30-27-25-11-13-36(41(38,39)23-7-2-1-3-8-23)20-26(25)40-29(27)32-21-35(30)19-16-33-14-17-34(18-15-33)28-24-9-5-4-6-22(24)10-12-31-28/h1-10,12,21H,11,13-20H2. The van der Waals surface area contributed by atoms with Crippen molar-refractivity contribution in [3.8, 4) is 0 Å². The number of hydrogen-bond acceptors (Lipinski definition) is 8. The third-order valence-electron chi connectivity index (χ3n) is 8.15. The molecule has 0 amide bonds. The van der Waals surface area contributed by atoms with Crippen LogP contribution < -0.4 is 10.5 Å². The molecule has 7 rings (SSSR count). The summed E-state index contributed by atoms with van der Waals surface area (Å²) in [4.78, 5) is 29.5. The number of fused-ring (bicyclic) bond motifs is 4. The lowest BCUT2D eigenvalue weighted by atomic mass is 10.1. The van der Waals surface area contributed by atoms with Crippen molar-refractivity contribution in [2.45, 2.75) is 24.4 Å². The van der Waals surface area contributed by atoms with E-state index in [1.165, 1.54) is 26.4 Å². The van der Waals surface area contributed by atoms with Gasteiger partial charge in [0, 0.05) is 68.8 Å². The number of aromatic nitrogens is 3. The monoisotopic (exact) mass is 586 g/mol. The Morgan fingerprint density at radius 1 is 0.854 bits per heavy atom. The number of nitrogens with zero attached hydrogens (tertiary/aromatic N) is 6. The van der Waals surface area contributed by atoms with Crippen molar-refractivity contribution in [2.75, 3.05) is 44.2 Å². The molecule has 0 radical (unpaired) electrons. The molecule has 9 nitrogen and oxygen atoms in total. The maximum atomic E-state index is 13.6. The maximum Gasteiger partial charge on any atom is 0.262 e. The molecule has 0 saturated carbocycles. The van der Waals surface area contributed by atoms with Crippen LogP contribution in [0.2, 0.25) is 0 Å². The topological polar surface area (TPSA) is 91.6 Å². The van der Waals surface area contributed by atoms with Gasteiger partial charge in [-0.25, -0.2) is 18.4 Å². The second-order valence-corrected chi connectivity index (χ2v) is 13.5. The Balaban J connectivity index is 1.04. The fraction of sp³-hybridized carbons (Fsp3) is 0.300. The van der Waals surface area contributed by atoms with Crippen LogP contribution in [0.25, 0.3) is 21.0 Å². The van der Waals surface area contributed by atoms with Gasteiger partial charge in [0.1, 0.15) is 10.6 Å². The Hall–Kier alpha value is -3.64. The van der Waals surface area contributed by atoms with E-state index in [1.807, 2.05) is 12.3 Å². The summed E-state index contributed by atoms with van der Waals surface area (Å²) in [7, 11) is -3.59. The lowest BCUT2D eigenvalue weighted by molar-refractivity contribution is 0.246. The van der Waals surface area contributed by atoms with Crippen LogP contribution >= 0.6 is 11.3 Å². The first-order valence-corrected chi connectivity index (χ1v) is 16.1.